The summed E-state index contributed by atoms with van der Waals surface area (Å²) in [4.78, 5) is 13.1. The average molecular weight is 551 g/mol. The van der Waals surface area contributed by atoms with Gasteiger partial charge in [-0.25, -0.2) is 0 Å². The molecule has 214 valence electrons. The number of hydrogen-bond donors (Lipinski definition) is 0. The molecule has 0 amide bonds. The Hall–Kier alpha value is -0.276. The lowest BCUT2D eigenvalue weighted by atomic mass is 9.50. The topological polar surface area (TPSA) is 44.8 Å². The highest BCUT2D eigenvalue weighted by Gasteiger charge is 2.66. The first kappa shape index (κ1) is 31.3. The van der Waals surface area contributed by atoms with Crippen molar-refractivity contribution in [3.05, 3.63) is 12.2 Å². The molecule has 0 radical (unpaired) electrons. The Kier molecular flexibility index (Phi) is 9.25. The first-order valence-electron chi connectivity index (χ1n) is 15.0. The van der Waals surface area contributed by atoms with Crippen molar-refractivity contribution < 1.29 is 18.4 Å². The van der Waals surface area contributed by atoms with E-state index in [-0.39, 0.29) is 45.8 Å². The van der Waals surface area contributed by atoms with E-state index in [1.165, 1.54) is 32.1 Å². The summed E-state index contributed by atoms with van der Waals surface area (Å²) >= 11 is 0. The monoisotopic (exact) mass is 550 g/mol. The number of fused-ring (bicyclic) bond motifs is 1. The van der Waals surface area contributed by atoms with E-state index in [9.17, 15) is 4.79 Å². The third-order valence-corrected chi connectivity index (χ3v) is 20.0. The molecule has 0 aromatic heterocycles. The minimum absolute atomic E-state index is 0.00913. The Balaban J connectivity index is 1.97. The lowest BCUT2D eigenvalue weighted by Gasteiger charge is -2.59. The quantitative estimate of drug-likeness (QED) is 0.224. The Morgan fingerprint density at radius 3 is 2.00 bits per heavy atom. The molecule has 37 heavy (non-hydrogen) atoms. The van der Waals surface area contributed by atoms with E-state index in [0.29, 0.717) is 5.92 Å². The maximum absolute atomic E-state index is 13.1. The van der Waals surface area contributed by atoms with E-state index in [0.717, 1.165) is 12.8 Å². The van der Waals surface area contributed by atoms with Gasteiger partial charge in [0.1, 0.15) is 5.60 Å². The van der Waals surface area contributed by atoms with Crippen LogP contribution in [0.2, 0.25) is 36.3 Å². The Morgan fingerprint density at radius 1 is 0.919 bits per heavy atom. The third-order valence-electron chi connectivity index (χ3n) is 11.0. The summed E-state index contributed by atoms with van der Waals surface area (Å²) in [7, 11) is -2.17. The molecular weight excluding hydrogens is 493 g/mol. The zero-order chi connectivity index (χ0) is 28.0. The van der Waals surface area contributed by atoms with Crippen molar-refractivity contribution >= 4 is 22.4 Å². The van der Waals surface area contributed by atoms with Crippen LogP contribution in [0.5, 0.6) is 0 Å². The molecule has 3 aliphatic rings. The normalized spacial score (nSPS) is 33.4. The first-order chi connectivity index (χ1) is 16.9. The van der Waals surface area contributed by atoms with Crippen LogP contribution in [-0.4, -0.2) is 47.3 Å². The van der Waals surface area contributed by atoms with E-state index in [4.69, 9.17) is 13.6 Å². The summed E-state index contributed by atoms with van der Waals surface area (Å²) in [6.07, 6.45) is 13.2. The Morgan fingerprint density at radius 2 is 1.49 bits per heavy atom. The van der Waals surface area contributed by atoms with E-state index < -0.39 is 22.2 Å². The summed E-state index contributed by atoms with van der Waals surface area (Å²) < 4.78 is 20.3. The van der Waals surface area contributed by atoms with Crippen LogP contribution in [0.3, 0.4) is 0 Å². The van der Waals surface area contributed by atoms with Gasteiger partial charge in [-0.3, -0.25) is 4.79 Å². The maximum Gasteiger partial charge on any atom is 0.192 e. The van der Waals surface area contributed by atoms with Crippen molar-refractivity contribution in [3.63, 3.8) is 0 Å². The molecule has 0 aromatic rings. The fraction of sp³-hybridized carbons (Fsp3) is 0.903. The highest BCUT2D eigenvalue weighted by Crippen LogP contribution is 2.56. The van der Waals surface area contributed by atoms with Crippen LogP contribution in [0.15, 0.2) is 12.2 Å². The highest BCUT2D eigenvalue weighted by molar-refractivity contribution is 6.74. The molecule has 4 nitrogen and oxygen atoms in total. The molecule has 6 atom stereocenters. The van der Waals surface area contributed by atoms with Crippen LogP contribution in [0, 0.1) is 23.7 Å². The molecular formula is C31H58O4Si2. The second-order valence-corrected chi connectivity index (χ2v) is 24.9. The molecule has 0 aliphatic heterocycles. The largest absolute Gasteiger partial charge is 0.413 e. The second kappa shape index (κ2) is 10.9. The number of ketones is 1. The fourth-order valence-electron chi connectivity index (χ4n) is 6.52. The zero-order valence-electron chi connectivity index (χ0n) is 26.2. The Bertz CT molecular complexity index is 831. The van der Waals surface area contributed by atoms with Crippen LogP contribution in [0.1, 0.15) is 93.4 Å². The smallest absolute Gasteiger partial charge is 0.192 e. The van der Waals surface area contributed by atoms with Crippen LogP contribution in [0.25, 0.3) is 0 Å². The molecule has 3 fully saturated rings. The average Bonchev–Trinajstić information content (AvgIpc) is 2.80. The highest BCUT2D eigenvalue weighted by atomic mass is 28.4. The van der Waals surface area contributed by atoms with Crippen LogP contribution in [0.4, 0.5) is 0 Å². The summed E-state index contributed by atoms with van der Waals surface area (Å²) in [6.45, 7) is 25.5. The summed E-state index contributed by atoms with van der Waals surface area (Å²) in [5.41, 5.74) is -0.637. The lowest BCUT2D eigenvalue weighted by molar-refractivity contribution is -0.205. The second-order valence-electron chi connectivity index (χ2n) is 15.4. The SMILES string of the molecule is CO[C@@]12CC[C@H](O[Si](C)(C)C(C)(C)C)[C@@H](/C=C/[C@@H](O[Si](C)(C)C(C)(C)C)C3CCCCC3)[C@@H]1C(C)C2=O. The first-order valence-corrected chi connectivity index (χ1v) is 20.8. The summed E-state index contributed by atoms with van der Waals surface area (Å²) in [6, 6.07) is 0. The van der Waals surface area contributed by atoms with Crippen LogP contribution >= 0.6 is 0 Å². The molecule has 0 spiro atoms. The van der Waals surface area contributed by atoms with Gasteiger partial charge in [0.15, 0.2) is 22.4 Å². The predicted octanol–water partition coefficient (Wildman–Crippen LogP) is 8.53. The van der Waals surface area contributed by atoms with E-state index in [1.807, 2.05) is 0 Å². The van der Waals surface area contributed by atoms with Gasteiger partial charge in [0.2, 0.25) is 0 Å². The number of ether oxygens (including phenoxy) is 1. The van der Waals surface area contributed by atoms with E-state index in [1.54, 1.807) is 7.11 Å². The number of methoxy groups -OCH3 is 1. The third kappa shape index (κ3) is 6.08. The van der Waals surface area contributed by atoms with Crippen LogP contribution in [-0.2, 0) is 18.4 Å². The number of rotatable bonds is 8. The van der Waals surface area contributed by atoms with Gasteiger partial charge in [-0.1, -0.05) is 79.9 Å². The summed E-state index contributed by atoms with van der Waals surface area (Å²) in [5.74, 6) is 1.21. The van der Waals surface area contributed by atoms with Gasteiger partial charge in [-0.05, 0) is 67.9 Å². The maximum atomic E-state index is 13.1. The van der Waals surface area contributed by atoms with Gasteiger partial charge in [0.25, 0.3) is 0 Å². The Labute approximate surface area is 230 Å². The zero-order valence-corrected chi connectivity index (χ0v) is 28.2. The molecule has 0 heterocycles. The number of carbonyl (C=O) groups excluding carboxylic acids is 1. The molecule has 0 bridgehead atoms. The minimum Gasteiger partial charge on any atom is -0.413 e. The van der Waals surface area contributed by atoms with Gasteiger partial charge in [-0.2, -0.15) is 0 Å². The van der Waals surface area contributed by atoms with Crippen molar-refractivity contribution in [1.82, 2.24) is 0 Å². The van der Waals surface area contributed by atoms with Crippen molar-refractivity contribution in [3.8, 4) is 0 Å². The van der Waals surface area contributed by atoms with Gasteiger partial charge in [0.05, 0.1) is 12.2 Å². The molecule has 3 rings (SSSR count). The van der Waals surface area contributed by atoms with Crippen LogP contribution < -0.4 is 0 Å². The molecule has 0 saturated heterocycles. The van der Waals surface area contributed by atoms with Gasteiger partial charge in [-0.15, -0.1) is 0 Å². The van der Waals surface area contributed by atoms with Crippen molar-refractivity contribution in [2.45, 2.75) is 147 Å². The fourth-order valence-corrected chi connectivity index (χ4v) is 9.21. The molecule has 3 saturated carbocycles. The standard InChI is InChI=1S/C31H58O4Si2/c1-22-27-24(18-19-25(23-16-14-13-15-17-23)34-36(9,10)29(2,3)4)26(35-37(11,12)30(5,6)7)20-21-31(27,33-8)28(22)32/h18-19,22-27H,13-17,20-21H2,1-12H3/b19-18+/t22?,24-,25-,26+,27+,31+/m1/s1. The lowest BCUT2D eigenvalue weighted by Crippen LogP contribution is -2.70. The van der Waals surface area contributed by atoms with Gasteiger partial charge >= 0.3 is 0 Å². The van der Waals surface area contributed by atoms with Crippen molar-refractivity contribution in [2.24, 2.45) is 23.7 Å². The minimum atomic E-state index is -1.97. The molecule has 1 unspecified atom stereocenters. The predicted molar refractivity (Wildman–Crippen MR) is 160 cm³/mol. The number of Topliss-reactive ketones (excluding diaryl/α,β-unsaturated/α-hetero) is 1. The van der Waals surface area contributed by atoms with E-state index >= 15 is 0 Å². The number of hydrogen-bond acceptors (Lipinski definition) is 4. The molecule has 0 aromatic carbocycles. The number of carbonyl (C=O) groups is 1. The van der Waals surface area contributed by atoms with Crippen molar-refractivity contribution in [1.29, 1.82) is 0 Å². The van der Waals surface area contributed by atoms with Gasteiger partial charge in [0, 0.05) is 24.9 Å². The molecule has 6 heteroatoms. The van der Waals surface area contributed by atoms with E-state index in [2.05, 4.69) is 86.8 Å². The molecule has 0 N–H and O–H groups in total. The summed E-state index contributed by atoms with van der Waals surface area (Å²) in [5, 5.41) is 0.320. The van der Waals surface area contributed by atoms with Crippen molar-refractivity contribution in [2.75, 3.05) is 7.11 Å². The van der Waals surface area contributed by atoms with Gasteiger partial charge < -0.3 is 13.6 Å². The molecule has 3 aliphatic carbocycles.